The molecule has 0 aliphatic rings. The van der Waals surface area contributed by atoms with Gasteiger partial charge in [-0.1, -0.05) is 358 Å². The number of rotatable bonds is 14. The predicted octanol–water partition coefficient (Wildman–Crippen LogP) is 35.6. The Labute approximate surface area is 840 Å². The van der Waals surface area contributed by atoms with E-state index in [0.29, 0.717) is 23.5 Å². The monoisotopic (exact) mass is 1890 g/mol. The van der Waals surface area contributed by atoms with Gasteiger partial charge in [-0.25, -0.2) is 19.9 Å². The molecule has 0 spiro atoms. The SMILES string of the molecule is c1ccc(-c2cc(-c3ccccc3)nc(-n3c4ccccc4c4cc(-c5ccc6sc7ccccc7c6c5)ccc43)c2)cc1.c1ccc(-c2ccc(-c3cc(-c4ccc(-c5ccccc5)cc4)nc(-n4c5ccc(-c6ccc7sc8ccccc8c7c6)cc5c5ncccc54)n3)cc2)cc1.c1ccc(-c2nc(-c3ccccc3)nc(-n3c4ccccc4c4cc(-c5ccc6sc7ccccc7c6c5)ccc43)n2)cc1. The van der Waals surface area contributed by atoms with Gasteiger partial charge in [0, 0.05) is 121 Å². The van der Waals surface area contributed by atoms with Crippen molar-refractivity contribution in [3.05, 3.63) is 498 Å². The van der Waals surface area contributed by atoms with E-state index >= 15 is 0 Å². The zero-order chi connectivity index (χ0) is 95.1. The van der Waals surface area contributed by atoms with Crippen LogP contribution < -0.4 is 0 Å². The molecular formula is C131H82N10S3. The third-order valence-electron chi connectivity index (χ3n) is 27.6. The second kappa shape index (κ2) is 36.1. The Bertz CT molecular complexity index is 9440. The summed E-state index contributed by atoms with van der Waals surface area (Å²) in [6, 6.07) is 174. The zero-order valence-electron chi connectivity index (χ0n) is 77.5. The van der Waals surface area contributed by atoms with Crippen molar-refractivity contribution in [2.24, 2.45) is 0 Å². The van der Waals surface area contributed by atoms with Crippen molar-refractivity contribution in [2.75, 3.05) is 0 Å². The van der Waals surface area contributed by atoms with E-state index in [2.05, 4.69) is 426 Å². The minimum absolute atomic E-state index is 0.600. The second-order valence-electron chi connectivity index (χ2n) is 36.2. The van der Waals surface area contributed by atoms with Gasteiger partial charge in [-0.2, -0.15) is 9.97 Å². The number of nitrogens with zero attached hydrogens (tertiary/aromatic N) is 10. The van der Waals surface area contributed by atoms with Crippen molar-refractivity contribution in [1.82, 2.24) is 48.6 Å². The average molecular weight is 1890 g/mol. The molecule has 10 aromatic heterocycles. The Hall–Kier alpha value is -18.4. The molecule has 29 rings (SSSR count). The summed E-state index contributed by atoms with van der Waals surface area (Å²) in [6.07, 6.45) is 1.87. The van der Waals surface area contributed by atoms with Crippen LogP contribution >= 0.6 is 34.0 Å². The van der Waals surface area contributed by atoms with Crippen molar-refractivity contribution in [1.29, 1.82) is 0 Å². The van der Waals surface area contributed by atoms with Gasteiger partial charge < -0.3 is 0 Å². The minimum atomic E-state index is 0.600. The number of benzene rings is 19. The topological polar surface area (TPSA) is 105 Å². The van der Waals surface area contributed by atoms with E-state index in [-0.39, 0.29) is 0 Å². The number of thiophene rings is 3. The first-order chi connectivity index (χ1) is 71.3. The van der Waals surface area contributed by atoms with E-state index in [0.717, 1.165) is 128 Å². The summed E-state index contributed by atoms with van der Waals surface area (Å²) in [7, 11) is 0. The smallest absolute Gasteiger partial charge is 0.238 e. The molecule has 19 aromatic carbocycles. The van der Waals surface area contributed by atoms with Crippen LogP contribution in [0.5, 0.6) is 0 Å². The molecule has 0 radical (unpaired) electrons. The van der Waals surface area contributed by atoms with Gasteiger partial charge in [0.25, 0.3) is 0 Å². The molecule has 0 saturated carbocycles. The van der Waals surface area contributed by atoms with Crippen molar-refractivity contribution in [2.45, 2.75) is 0 Å². The fourth-order valence-electron chi connectivity index (χ4n) is 20.6. The maximum atomic E-state index is 5.30. The lowest BCUT2D eigenvalue weighted by atomic mass is 10.0. The fourth-order valence-corrected chi connectivity index (χ4v) is 23.8. The Morgan fingerprint density at radius 1 is 0.153 bits per heavy atom. The highest BCUT2D eigenvalue weighted by atomic mass is 32.1. The molecule has 13 heteroatoms. The van der Waals surface area contributed by atoms with Gasteiger partial charge in [-0.05, 0) is 200 Å². The first kappa shape index (κ1) is 84.9. The number of fused-ring (bicyclic) bond motifs is 18. The van der Waals surface area contributed by atoms with Crippen molar-refractivity contribution >= 4 is 160 Å². The summed E-state index contributed by atoms with van der Waals surface area (Å²) in [5, 5.41) is 13.7. The zero-order valence-corrected chi connectivity index (χ0v) is 80.0. The highest BCUT2D eigenvalue weighted by molar-refractivity contribution is 7.26. The molecular weight excluding hydrogens is 1810 g/mol. The summed E-state index contributed by atoms with van der Waals surface area (Å²) in [5.74, 6) is 3.41. The van der Waals surface area contributed by atoms with Gasteiger partial charge in [0.05, 0.1) is 55.7 Å². The molecule has 0 amide bonds. The maximum Gasteiger partial charge on any atom is 0.238 e. The first-order valence-electron chi connectivity index (χ1n) is 48.3. The largest absolute Gasteiger partial charge is 0.294 e. The molecule has 10 nitrogen and oxygen atoms in total. The summed E-state index contributed by atoms with van der Waals surface area (Å²) < 4.78 is 14.6. The van der Waals surface area contributed by atoms with E-state index in [9.17, 15) is 0 Å². The number of para-hydroxylation sites is 2. The highest BCUT2D eigenvalue weighted by Crippen LogP contribution is 2.46. The van der Waals surface area contributed by atoms with E-state index < -0.39 is 0 Å². The highest BCUT2D eigenvalue weighted by Gasteiger charge is 2.25. The van der Waals surface area contributed by atoms with Crippen molar-refractivity contribution in [3.63, 3.8) is 0 Å². The molecule has 674 valence electrons. The Balaban J connectivity index is 0.000000109. The molecule has 144 heavy (non-hydrogen) atoms. The number of aromatic nitrogens is 10. The fraction of sp³-hybridized carbons (Fsp3) is 0. The molecule has 10 heterocycles. The van der Waals surface area contributed by atoms with Gasteiger partial charge in [0.1, 0.15) is 5.82 Å². The van der Waals surface area contributed by atoms with Crippen LogP contribution in [0.15, 0.2) is 498 Å². The van der Waals surface area contributed by atoms with E-state index in [1.165, 1.54) is 116 Å². The molecule has 0 atom stereocenters. The summed E-state index contributed by atoms with van der Waals surface area (Å²) >= 11 is 5.55. The van der Waals surface area contributed by atoms with Gasteiger partial charge in [-0.3, -0.25) is 18.7 Å². The molecule has 0 bridgehead atoms. The third kappa shape index (κ3) is 15.6. The Kier molecular flexibility index (Phi) is 21.3. The van der Waals surface area contributed by atoms with Crippen LogP contribution in [0.2, 0.25) is 0 Å². The molecule has 29 aromatic rings. The Morgan fingerprint density at radius 2 is 0.438 bits per heavy atom. The van der Waals surface area contributed by atoms with Crippen LogP contribution in [-0.4, -0.2) is 48.6 Å². The summed E-state index contributed by atoms with van der Waals surface area (Å²) in [5.41, 5.74) is 29.2. The quantitative estimate of drug-likeness (QED) is 0.107. The van der Waals surface area contributed by atoms with Crippen molar-refractivity contribution in [3.8, 4) is 141 Å². The molecule has 0 saturated heterocycles. The average Bonchev–Trinajstić information content (AvgIpc) is 1.59. The second-order valence-corrected chi connectivity index (χ2v) is 39.5. The number of hydrogen-bond acceptors (Lipinski definition) is 10. The molecule has 0 aliphatic carbocycles. The van der Waals surface area contributed by atoms with Gasteiger partial charge in [-0.15, -0.1) is 34.0 Å². The van der Waals surface area contributed by atoms with Gasteiger partial charge >= 0.3 is 0 Å². The van der Waals surface area contributed by atoms with Crippen molar-refractivity contribution < 1.29 is 0 Å². The lowest BCUT2D eigenvalue weighted by molar-refractivity contribution is 0.953. The molecule has 0 unspecified atom stereocenters. The van der Waals surface area contributed by atoms with Crippen LogP contribution in [0.25, 0.3) is 267 Å². The van der Waals surface area contributed by atoms with Gasteiger partial charge in [0.2, 0.25) is 11.9 Å². The van der Waals surface area contributed by atoms with Crippen LogP contribution in [-0.2, 0) is 0 Å². The van der Waals surface area contributed by atoms with Crippen LogP contribution in [0.4, 0.5) is 0 Å². The van der Waals surface area contributed by atoms with Crippen LogP contribution in [0, 0.1) is 0 Å². The normalized spacial score (nSPS) is 11.6. The number of pyridine rings is 2. The lowest BCUT2D eigenvalue weighted by Crippen LogP contribution is -2.06. The summed E-state index contributed by atoms with van der Waals surface area (Å²) in [4.78, 5) is 35.8. The number of hydrogen-bond donors (Lipinski definition) is 0. The van der Waals surface area contributed by atoms with Crippen LogP contribution in [0.1, 0.15) is 0 Å². The minimum Gasteiger partial charge on any atom is -0.294 e. The van der Waals surface area contributed by atoms with E-state index in [1.54, 1.807) is 0 Å². The maximum absolute atomic E-state index is 5.30. The molecule has 0 fully saturated rings. The van der Waals surface area contributed by atoms with E-state index in [4.69, 9.17) is 34.9 Å². The first-order valence-corrected chi connectivity index (χ1v) is 50.7. The lowest BCUT2D eigenvalue weighted by Gasteiger charge is -2.13. The molecule has 0 N–H and O–H groups in total. The third-order valence-corrected chi connectivity index (χ3v) is 31.0. The summed E-state index contributed by atoms with van der Waals surface area (Å²) in [6.45, 7) is 0. The van der Waals surface area contributed by atoms with Gasteiger partial charge in [0.15, 0.2) is 11.6 Å². The molecule has 0 aliphatic heterocycles. The van der Waals surface area contributed by atoms with Crippen LogP contribution in [0.3, 0.4) is 0 Å². The Morgan fingerprint density at radius 3 is 0.882 bits per heavy atom. The predicted molar refractivity (Wildman–Crippen MR) is 605 cm³/mol. The standard InChI is InChI=1S/C51H32N4S.C41H26N2S.C39H24N4S/c1-3-10-33(11-4-1)35-17-21-37(22-18-35)44-32-45(38-23-19-36(20-24-38)34-12-5-2-6-13-34)54-51(53-44)55-46-27-25-39(31-43(46)50-47(55)15-9-29-52-50)40-26-28-49-42(30-40)41-14-7-8-16-48(41)56-49;1-3-11-27(12-4-1)31-25-36(28-13-5-2-6-14-28)42-41(26-31)43-37-17-9-7-15-32(37)34-23-29(19-21-38(34)43)30-20-22-40-35(24-30)33-16-8-10-18-39(33)44-40;1-3-11-25(12-4-1)37-40-38(26-13-5-2-6-14-26)42-39(41-37)43-33-17-9-7-15-29(33)31-23-27(19-21-34(31)43)28-20-22-36-32(24-28)30-16-8-10-18-35(30)44-36/h1-32H;1-26H;1-24H. The van der Waals surface area contributed by atoms with E-state index in [1.807, 2.05) is 119 Å².